The first-order chi connectivity index (χ1) is 13.8. The van der Waals surface area contributed by atoms with Crippen LogP contribution in [-0.4, -0.2) is 12.6 Å². The topological polar surface area (TPSA) is 26.3 Å². The van der Waals surface area contributed by atoms with Gasteiger partial charge in [0.2, 0.25) is 0 Å². The van der Waals surface area contributed by atoms with Crippen LogP contribution in [0, 0.1) is 0 Å². The van der Waals surface area contributed by atoms with Crippen LogP contribution in [0.5, 0.6) is 0 Å². The molecule has 0 radical (unpaired) electrons. The van der Waals surface area contributed by atoms with Crippen molar-refractivity contribution in [3.05, 3.63) is 96.6 Å². The molecule has 0 aliphatic carbocycles. The van der Waals surface area contributed by atoms with E-state index in [1.807, 2.05) is 37.3 Å². The zero-order valence-electron chi connectivity index (χ0n) is 15.9. The number of hydrogen-bond donors (Lipinski definition) is 0. The predicted molar refractivity (Wildman–Crippen MR) is 115 cm³/mol. The van der Waals surface area contributed by atoms with Crippen LogP contribution >= 0.6 is 0 Å². The van der Waals surface area contributed by atoms with Gasteiger partial charge in [-0.3, -0.25) is 4.79 Å². The molecule has 4 aromatic rings. The lowest BCUT2D eigenvalue weighted by atomic mass is 9.85. The van der Waals surface area contributed by atoms with Gasteiger partial charge >= 0.3 is 5.97 Å². The number of ether oxygens (including phenoxy) is 1. The van der Waals surface area contributed by atoms with Crippen LogP contribution in [0.15, 0.2) is 91.0 Å². The van der Waals surface area contributed by atoms with Gasteiger partial charge in [-0.2, -0.15) is 0 Å². The Labute approximate surface area is 165 Å². The van der Waals surface area contributed by atoms with Crippen molar-refractivity contribution >= 4 is 16.7 Å². The van der Waals surface area contributed by atoms with Gasteiger partial charge in [0.05, 0.1) is 13.0 Å². The van der Waals surface area contributed by atoms with Crippen LogP contribution in [0.1, 0.15) is 12.5 Å². The molecule has 0 fully saturated rings. The van der Waals surface area contributed by atoms with Crippen molar-refractivity contribution in [1.29, 1.82) is 0 Å². The van der Waals surface area contributed by atoms with Crippen molar-refractivity contribution in [3.63, 3.8) is 0 Å². The Balaban J connectivity index is 2.06. The van der Waals surface area contributed by atoms with E-state index in [0.29, 0.717) is 6.61 Å². The Bertz CT molecular complexity index is 1100. The summed E-state index contributed by atoms with van der Waals surface area (Å²) in [5.41, 5.74) is 5.49. The average molecular weight is 366 g/mol. The lowest BCUT2D eigenvalue weighted by Crippen LogP contribution is -2.09. The summed E-state index contributed by atoms with van der Waals surface area (Å²) in [5.74, 6) is -0.200. The fraction of sp³-hybridized carbons (Fsp3) is 0.115. The summed E-state index contributed by atoms with van der Waals surface area (Å²) in [6, 6.07) is 31.1. The highest BCUT2D eigenvalue weighted by molar-refractivity contribution is 6.06. The third-order valence-corrected chi connectivity index (χ3v) is 4.90. The Kier molecular flexibility index (Phi) is 5.20. The molecular weight excluding hydrogens is 344 g/mol. The average Bonchev–Trinajstić information content (AvgIpc) is 2.74. The molecule has 0 saturated carbocycles. The monoisotopic (exact) mass is 366 g/mol. The molecule has 0 amide bonds. The van der Waals surface area contributed by atoms with Crippen molar-refractivity contribution in [2.24, 2.45) is 0 Å². The lowest BCUT2D eigenvalue weighted by molar-refractivity contribution is -0.142. The minimum atomic E-state index is -0.200. The number of esters is 1. The van der Waals surface area contributed by atoms with Gasteiger partial charge in [0, 0.05) is 0 Å². The molecule has 28 heavy (non-hydrogen) atoms. The first kappa shape index (κ1) is 18.0. The van der Waals surface area contributed by atoms with Crippen LogP contribution in [0.25, 0.3) is 33.0 Å². The molecule has 2 heteroatoms. The van der Waals surface area contributed by atoms with E-state index in [9.17, 15) is 4.79 Å². The lowest BCUT2D eigenvalue weighted by Gasteiger charge is -2.19. The third kappa shape index (κ3) is 3.54. The van der Waals surface area contributed by atoms with Gasteiger partial charge in [0.1, 0.15) is 0 Å². The normalized spacial score (nSPS) is 10.8. The quantitative estimate of drug-likeness (QED) is 0.389. The van der Waals surface area contributed by atoms with Gasteiger partial charge < -0.3 is 4.74 Å². The SMILES string of the molecule is CCOC(=O)Cc1cc2ccccc2c(-c2ccccc2)c1-c1ccccc1. The molecule has 0 aliphatic rings. The summed E-state index contributed by atoms with van der Waals surface area (Å²) in [5, 5.41) is 2.31. The largest absolute Gasteiger partial charge is 0.466 e. The summed E-state index contributed by atoms with van der Waals surface area (Å²) >= 11 is 0. The van der Waals surface area contributed by atoms with Crippen molar-refractivity contribution in [2.75, 3.05) is 6.61 Å². The number of hydrogen-bond acceptors (Lipinski definition) is 2. The van der Waals surface area contributed by atoms with Gasteiger partial charge in [0.25, 0.3) is 0 Å². The molecule has 0 saturated heterocycles. The van der Waals surface area contributed by atoms with E-state index < -0.39 is 0 Å². The molecule has 4 aromatic carbocycles. The second kappa shape index (κ2) is 8.10. The third-order valence-electron chi connectivity index (χ3n) is 4.90. The molecule has 0 atom stereocenters. The highest BCUT2D eigenvalue weighted by Crippen LogP contribution is 2.41. The van der Waals surface area contributed by atoms with Crippen molar-refractivity contribution in [2.45, 2.75) is 13.3 Å². The van der Waals surface area contributed by atoms with Crippen molar-refractivity contribution < 1.29 is 9.53 Å². The molecule has 0 aromatic heterocycles. The van der Waals surface area contributed by atoms with E-state index in [2.05, 4.69) is 60.7 Å². The maximum atomic E-state index is 12.4. The van der Waals surface area contributed by atoms with E-state index in [0.717, 1.165) is 33.2 Å². The van der Waals surface area contributed by atoms with Gasteiger partial charge in [-0.25, -0.2) is 0 Å². The molecule has 0 unspecified atom stereocenters. The Hall–Kier alpha value is -3.39. The van der Waals surface area contributed by atoms with Crippen LogP contribution < -0.4 is 0 Å². The molecule has 0 N–H and O–H groups in total. The van der Waals surface area contributed by atoms with E-state index in [1.165, 1.54) is 5.39 Å². The minimum Gasteiger partial charge on any atom is -0.466 e. The summed E-state index contributed by atoms with van der Waals surface area (Å²) in [4.78, 5) is 12.4. The van der Waals surface area contributed by atoms with E-state index in [4.69, 9.17) is 4.74 Å². The van der Waals surface area contributed by atoms with Crippen molar-refractivity contribution in [1.82, 2.24) is 0 Å². The number of carbonyl (C=O) groups is 1. The van der Waals surface area contributed by atoms with E-state index >= 15 is 0 Å². The Morgan fingerprint density at radius 1 is 0.750 bits per heavy atom. The van der Waals surface area contributed by atoms with Crippen LogP contribution in [0.2, 0.25) is 0 Å². The molecule has 4 rings (SSSR count). The van der Waals surface area contributed by atoms with E-state index in [1.54, 1.807) is 0 Å². The van der Waals surface area contributed by atoms with Gasteiger partial charge in [-0.15, -0.1) is 0 Å². The molecule has 0 aliphatic heterocycles. The first-order valence-corrected chi connectivity index (χ1v) is 9.59. The number of rotatable bonds is 5. The zero-order chi connectivity index (χ0) is 19.3. The minimum absolute atomic E-state index is 0.200. The maximum Gasteiger partial charge on any atom is 0.310 e. The summed E-state index contributed by atoms with van der Waals surface area (Å²) in [7, 11) is 0. The fourth-order valence-corrected chi connectivity index (χ4v) is 3.75. The highest BCUT2D eigenvalue weighted by Gasteiger charge is 2.18. The smallest absolute Gasteiger partial charge is 0.310 e. The predicted octanol–water partition coefficient (Wildman–Crippen LogP) is 6.28. The zero-order valence-corrected chi connectivity index (χ0v) is 15.9. The van der Waals surface area contributed by atoms with E-state index in [-0.39, 0.29) is 12.4 Å². The number of benzene rings is 4. The van der Waals surface area contributed by atoms with Crippen LogP contribution in [0.4, 0.5) is 0 Å². The molecule has 2 nitrogen and oxygen atoms in total. The Morgan fingerprint density at radius 2 is 1.32 bits per heavy atom. The fourth-order valence-electron chi connectivity index (χ4n) is 3.75. The first-order valence-electron chi connectivity index (χ1n) is 9.59. The van der Waals surface area contributed by atoms with Gasteiger partial charge in [0.15, 0.2) is 0 Å². The highest BCUT2D eigenvalue weighted by atomic mass is 16.5. The summed E-state index contributed by atoms with van der Waals surface area (Å²) in [6.45, 7) is 2.23. The molecular formula is C26H22O2. The Morgan fingerprint density at radius 3 is 1.96 bits per heavy atom. The molecule has 138 valence electrons. The van der Waals surface area contributed by atoms with Crippen LogP contribution in [0.3, 0.4) is 0 Å². The number of carbonyl (C=O) groups excluding carboxylic acids is 1. The summed E-state index contributed by atoms with van der Waals surface area (Å²) < 4.78 is 5.26. The maximum absolute atomic E-state index is 12.4. The van der Waals surface area contributed by atoms with Crippen LogP contribution in [-0.2, 0) is 16.0 Å². The van der Waals surface area contributed by atoms with Gasteiger partial charge in [-0.05, 0) is 51.6 Å². The number of fused-ring (bicyclic) bond motifs is 1. The summed E-state index contributed by atoms with van der Waals surface area (Å²) in [6.07, 6.45) is 0.253. The van der Waals surface area contributed by atoms with Gasteiger partial charge in [-0.1, -0.05) is 84.9 Å². The molecule has 0 spiro atoms. The molecule has 0 heterocycles. The second-order valence-corrected chi connectivity index (χ2v) is 6.72. The standard InChI is InChI=1S/C26H22O2/c1-2-28-24(27)18-22-17-21-15-9-10-16-23(21)26(20-13-7-4-8-14-20)25(22)19-11-5-3-6-12-19/h3-17H,2,18H2,1H3. The van der Waals surface area contributed by atoms with Crippen molar-refractivity contribution in [3.8, 4) is 22.3 Å². The second-order valence-electron chi connectivity index (χ2n) is 6.72. The molecule has 0 bridgehead atoms.